The maximum absolute atomic E-state index is 5.20. The molecule has 1 fully saturated rings. The molecule has 1 aliphatic carbocycles. The zero-order chi connectivity index (χ0) is 9.52. The van der Waals surface area contributed by atoms with Crippen LogP contribution in [0.4, 0.5) is 0 Å². The Morgan fingerprint density at radius 3 is 3.00 bits per heavy atom. The molecule has 1 aliphatic rings. The van der Waals surface area contributed by atoms with Crippen molar-refractivity contribution in [1.82, 2.24) is 5.32 Å². The lowest BCUT2D eigenvalue weighted by molar-refractivity contribution is 0.0181. The van der Waals surface area contributed by atoms with Gasteiger partial charge in [-0.25, -0.2) is 0 Å². The van der Waals surface area contributed by atoms with Gasteiger partial charge in [0.05, 0.1) is 6.10 Å². The third-order valence-electron chi connectivity index (χ3n) is 2.34. The minimum absolute atomic E-state index is 0.512. The van der Waals surface area contributed by atoms with E-state index in [4.69, 9.17) is 4.74 Å². The van der Waals surface area contributed by atoms with E-state index in [1.165, 1.54) is 18.6 Å². The molecule has 1 saturated carbocycles. The summed E-state index contributed by atoms with van der Waals surface area (Å²) < 4.78 is 5.20. The highest BCUT2D eigenvalue weighted by Gasteiger charge is 2.27. The molecule has 0 aliphatic heterocycles. The van der Waals surface area contributed by atoms with E-state index in [0.29, 0.717) is 12.1 Å². The Kier molecular flexibility index (Phi) is 5.51. The van der Waals surface area contributed by atoms with Gasteiger partial charge in [-0.3, -0.25) is 0 Å². The summed E-state index contributed by atoms with van der Waals surface area (Å²) in [6, 6.07) is 0.703. The van der Waals surface area contributed by atoms with Crippen molar-refractivity contribution in [1.29, 1.82) is 0 Å². The molecular formula is C10H19NOS. The largest absolute Gasteiger partial charge is 0.381 e. The standard InChI is InChI=1S/C10H19NOS/c1-3-5-13-6-4-11-9-7-10(8-9)12-2/h3,9-11H,1,4-8H2,2H3. The predicted molar refractivity (Wildman–Crippen MR) is 59.3 cm³/mol. The quantitative estimate of drug-likeness (QED) is 0.500. The Labute approximate surface area is 85.1 Å². The number of nitrogens with one attached hydrogen (secondary N) is 1. The van der Waals surface area contributed by atoms with E-state index in [-0.39, 0.29) is 0 Å². The van der Waals surface area contributed by atoms with Gasteiger partial charge < -0.3 is 10.1 Å². The van der Waals surface area contributed by atoms with Crippen LogP contribution in [0.2, 0.25) is 0 Å². The molecule has 1 N–H and O–H groups in total. The van der Waals surface area contributed by atoms with Gasteiger partial charge in [0.2, 0.25) is 0 Å². The molecule has 0 unspecified atom stereocenters. The average Bonchev–Trinajstić information content (AvgIpc) is 2.08. The fourth-order valence-corrected chi connectivity index (χ4v) is 2.02. The van der Waals surface area contributed by atoms with Crippen LogP contribution in [0.1, 0.15) is 12.8 Å². The third kappa shape index (κ3) is 4.16. The molecule has 3 heteroatoms. The van der Waals surface area contributed by atoms with E-state index in [1.54, 1.807) is 7.11 Å². The third-order valence-corrected chi connectivity index (χ3v) is 3.31. The summed E-state index contributed by atoms with van der Waals surface area (Å²) in [5.74, 6) is 2.24. The van der Waals surface area contributed by atoms with Crippen LogP contribution in [-0.4, -0.2) is 37.3 Å². The summed E-state index contributed by atoms with van der Waals surface area (Å²) in [6.07, 6.45) is 4.83. The SMILES string of the molecule is C=CCSCCNC1CC(OC)C1. The molecule has 2 nitrogen and oxygen atoms in total. The molecule has 0 aromatic carbocycles. The monoisotopic (exact) mass is 201 g/mol. The first-order chi connectivity index (χ1) is 6.36. The maximum atomic E-state index is 5.20. The van der Waals surface area contributed by atoms with Crippen LogP contribution in [0.25, 0.3) is 0 Å². The lowest BCUT2D eigenvalue weighted by atomic mass is 9.89. The van der Waals surface area contributed by atoms with Crippen molar-refractivity contribution in [3.63, 3.8) is 0 Å². The summed E-state index contributed by atoms with van der Waals surface area (Å²) >= 11 is 1.92. The second-order valence-corrected chi connectivity index (χ2v) is 4.49. The second kappa shape index (κ2) is 6.46. The Bertz CT molecular complexity index is 146. The average molecular weight is 201 g/mol. The number of methoxy groups -OCH3 is 1. The van der Waals surface area contributed by atoms with Crippen LogP contribution in [0, 0.1) is 0 Å². The highest BCUT2D eigenvalue weighted by Crippen LogP contribution is 2.22. The van der Waals surface area contributed by atoms with Gasteiger partial charge in [-0.1, -0.05) is 6.08 Å². The van der Waals surface area contributed by atoms with Crippen molar-refractivity contribution >= 4 is 11.8 Å². The molecule has 0 saturated heterocycles. The van der Waals surface area contributed by atoms with Crippen molar-refractivity contribution in [2.24, 2.45) is 0 Å². The minimum Gasteiger partial charge on any atom is -0.381 e. The number of thioether (sulfide) groups is 1. The van der Waals surface area contributed by atoms with Crippen LogP contribution in [0.3, 0.4) is 0 Å². The minimum atomic E-state index is 0.512. The van der Waals surface area contributed by atoms with Gasteiger partial charge in [-0.05, 0) is 12.8 Å². The molecule has 76 valence electrons. The maximum Gasteiger partial charge on any atom is 0.0601 e. The van der Waals surface area contributed by atoms with Crippen molar-refractivity contribution in [3.8, 4) is 0 Å². The zero-order valence-electron chi connectivity index (χ0n) is 8.29. The molecule has 13 heavy (non-hydrogen) atoms. The molecule has 0 amide bonds. The van der Waals surface area contributed by atoms with E-state index in [2.05, 4.69) is 11.9 Å². The van der Waals surface area contributed by atoms with Crippen LogP contribution in [0.15, 0.2) is 12.7 Å². The fourth-order valence-electron chi connectivity index (χ4n) is 1.43. The first-order valence-corrected chi connectivity index (χ1v) is 5.97. The number of hydrogen-bond acceptors (Lipinski definition) is 3. The van der Waals surface area contributed by atoms with Gasteiger partial charge in [0.15, 0.2) is 0 Å². The molecule has 0 atom stereocenters. The van der Waals surface area contributed by atoms with Crippen molar-refractivity contribution in [2.45, 2.75) is 25.0 Å². The summed E-state index contributed by atoms with van der Waals surface area (Å²) in [7, 11) is 1.79. The van der Waals surface area contributed by atoms with Crippen molar-refractivity contribution < 1.29 is 4.74 Å². The predicted octanol–water partition coefficient (Wildman–Crippen LogP) is 1.67. The number of ether oxygens (including phenoxy) is 1. The lowest BCUT2D eigenvalue weighted by Crippen LogP contribution is -2.45. The Balaban J connectivity index is 1.82. The highest BCUT2D eigenvalue weighted by atomic mass is 32.2. The zero-order valence-corrected chi connectivity index (χ0v) is 9.11. The first-order valence-electron chi connectivity index (χ1n) is 4.81. The molecule has 0 heterocycles. The summed E-state index contributed by atoms with van der Waals surface area (Å²) in [5, 5.41) is 3.51. The molecular weight excluding hydrogens is 182 g/mol. The van der Waals surface area contributed by atoms with Gasteiger partial charge in [-0.15, -0.1) is 6.58 Å². The van der Waals surface area contributed by atoms with Crippen molar-refractivity contribution in [3.05, 3.63) is 12.7 Å². The highest BCUT2D eigenvalue weighted by molar-refractivity contribution is 7.99. The lowest BCUT2D eigenvalue weighted by Gasteiger charge is -2.34. The normalized spacial score (nSPS) is 26.8. The Morgan fingerprint density at radius 1 is 1.62 bits per heavy atom. The molecule has 0 aromatic heterocycles. The van der Waals surface area contributed by atoms with Gasteiger partial charge in [0.25, 0.3) is 0 Å². The molecule has 0 radical (unpaired) electrons. The smallest absolute Gasteiger partial charge is 0.0601 e. The second-order valence-electron chi connectivity index (χ2n) is 3.34. The number of rotatable bonds is 7. The van der Waals surface area contributed by atoms with Gasteiger partial charge >= 0.3 is 0 Å². The van der Waals surface area contributed by atoms with Crippen LogP contribution in [-0.2, 0) is 4.74 Å². The van der Waals surface area contributed by atoms with E-state index in [9.17, 15) is 0 Å². The summed E-state index contributed by atoms with van der Waals surface area (Å²) in [5.41, 5.74) is 0. The van der Waals surface area contributed by atoms with Gasteiger partial charge in [-0.2, -0.15) is 11.8 Å². The summed E-state index contributed by atoms with van der Waals surface area (Å²) in [6.45, 7) is 4.79. The van der Waals surface area contributed by atoms with Crippen LogP contribution < -0.4 is 5.32 Å². The van der Waals surface area contributed by atoms with Crippen LogP contribution in [0.5, 0.6) is 0 Å². The summed E-state index contributed by atoms with van der Waals surface area (Å²) in [4.78, 5) is 0. The molecule has 0 spiro atoms. The molecule has 0 bridgehead atoms. The molecule has 0 aromatic rings. The van der Waals surface area contributed by atoms with E-state index >= 15 is 0 Å². The Morgan fingerprint density at radius 2 is 2.38 bits per heavy atom. The first kappa shape index (κ1) is 11.1. The Hall–Kier alpha value is 0.01000. The van der Waals surface area contributed by atoms with Crippen LogP contribution >= 0.6 is 11.8 Å². The van der Waals surface area contributed by atoms with Gasteiger partial charge in [0, 0.05) is 31.2 Å². The molecule has 1 rings (SSSR count). The topological polar surface area (TPSA) is 21.3 Å². The van der Waals surface area contributed by atoms with Gasteiger partial charge in [0.1, 0.15) is 0 Å². The van der Waals surface area contributed by atoms with E-state index in [0.717, 1.165) is 12.3 Å². The fraction of sp³-hybridized carbons (Fsp3) is 0.800. The number of hydrogen-bond donors (Lipinski definition) is 1. The van der Waals surface area contributed by atoms with E-state index in [1.807, 2.05) is 17.8 Å². The van der Waals surface area contributed by atoms with Crippen molar-refractivity contribution in [2.75, 3.05) is 25.2 Å². The van der Waals surface area contributed by atoms with E-state index < -0.39 is 0 Å².